The Kier molecular flexibility index (Phi) is 15.7. The van der Waals surface area contributed by atoms with Gasteiger partial charge >= 0.3 is 18.6 Å². The fourth-order valence-electron chi connectivity index (χ4n) is 5.08. The molecule has 6 aromatic carbocycles. The second-order valence-corrected chi connectivity index (χ2v) is 22.4. The topological polar surface area (TPSA) is 89.2 Å². The predicted molar refractivity (Wildman–Crippen MR) is 199 cm³/mol. The number of hydrogen-bond acceptors (Lipinski definition) is 3. The van der Waals surface area contributed by atoms with Gasteiger partial charge in [0.2, 0.25) is 0 Å². The van der Waals surface area contributed by atoms with Crippen LogP contribution in [0.5, 0.6) is 0 Å². The summed E-state index contributed by atoms with van der Waals surface area (Å²) in [4.78, 5) is 31.8. The van der Waals surface area contributed by atoms with Gasteiger partial charge in [-0.1, -0.05) is 182 Å². The van der Waals surface area contributed by atoms with Crippen LogP contribution in [0.1, 0.15) is 0 Å². The molecule has 0 aliphatic rings. The summed E-state index contributed by atoms with van der Waals surface area (Å²) in [5.41, 5.74) is 0. The van der Waals surface area contributed by atoms with Gasteiger partial charge in [-0.05, 0) is 50.8 Å². The normalized spacial score (nSPS) is 10.9. The van der Waals surface area contributed by atoms with Gasteiger partial charge in [0.05, 0.1) is 0 Å². The van der Waals surface area contributed by atoms with Crippen LogP contribution in [0.25, 0.3) is 0 Å². The summed E-state index contributed by atoms with van der Waals surface area (Å²) in [5.74, 6) is 0. The van der Waals surface area contributed by atoms with Crippen molar-refractivity contribution in [1.29, 1.82) is 0 Å². The van der Waals surface area contributed by atoms with Crippen LogP contribution in [-0.4, -0.2) is 39.3 Å². The van der Waals surface area contributed by atoms with Crippen LogP contribution < -0.4 is 31.1 Å². The first-order valence-electron chi connectivity index (χ1n) is 15.1. The van der Waals surface area contributed by atoms with E-state index in [1.165, 1.54) is 0 Å². The van der Waals surface area contributed by atoms with E-state index in [4.69, 9.17) is 4.80 Å². The fourth-order valence-corrected chi connectivity index (χ4v) is 11.1. The van der Waals surface area contributed by atoms with E-state index in [-0.39, 0.29) is 24.0 Å². The van der Waals surface area contributed by atoms with Crippen LogP contribution in [0.4, 0.5) is 0 Å². The predicted octanol–water partition coefficient (Wildman–Crippen LogP) is 3.98. The standard InChI is InChI=1S/2C18H16OSi.C3H10OSi.O.V/c2*19-20(16-10-4-1-5-11-16,17-12-6-2-7-13-17)18-14-8-3-9-15-18;1-5(2,3)4;;/h2*1-15,19H;4H,1-3H3;;/q;;;-2;+2. The van der Waals surface area contributed by atoms with Crippen molar-refractivity contribution in [3.63, 3.8) is 0 Å². The molecule has 6 aromatic rings. The number of benzene rings is 6. The van der Waals surface area contributed by atoms with Gasteiger partial charge in [0.25, 0.3) is 16.6 Å². The SMILES string of the molecule is C[Si](C)(C)O.O[Si](c1ccccc1)(c1ccccc1)c1ccccc1.O[Si](c1ccccc1)(c1ccccc1)c1ccccc1.[O-2].[V+2]. The molecule has 0 aliphatic heterocycles. The summed E-state index contributed by atoms with van der Waals surface area (Å²) in [7, 11) is -7.37. The Bertz CT molecular complexity index is 1370. The summed E-state index contributed by atoms with van der Waals surface area (Å²) in [6.07, 6.45) is 0. The van der Waals surface area contributed by atoms with Gasteiger partial charge in [-0.2, -0.15) is 0 Å². The molecule has 1 radical (unpaired) electrons. The Morgan fingerprint density at radius 3 is 0.511 bits per heavy atom. The van der Waals surface area contributed by atoms with Gasteiger partial charge in [0.1, 0.15) is 0 Å². The molecule has 0 aliphatic carbocycles. The maximum absolute atomic E-state index is 11.6. The van der Waals surface area contributed by atoms with E-state index in [9.17, 15) is 9.59 Å². The van der Waals surface area contributed by atoms with Crippen molar-refractivity contribution in [2.45, 2.75) is 19.6 Å². The molecule has 0 saturated heterocycles. The maximum Gasteiger partial charge on any atom is 2.00 e. The van der Waals surface area contributed by atoms with E-state index in [2.05, 4.69) is 0 Å². The zero-order chi connectivity index (χ0) is 32.2. The minimum Gasteiger partial charge on any atom is -2.00 e. The van der Waals surface area contributed by atoms with Gasteiger partial charge < -0.3 is 19.9 Å². The third-order valence-electron chi connectivity index (χ3n) is 7.15. The summed E-state index contributed by atoms with van der Waals surface area (Å²) in [6.45, 7) is 5.65. The van der Waals surface area contributed by atoms with Gasteiger partial charge in [-0.15, -0.1) is 0 Å². The largest absolute Gasteiger partial charge is 2.00 e. The zero-order valence-corrected chi connectivity index (χ0v) is 31.4. The van der Waals surface area contributed by atoms with E-state index in [1.54, 1.807) is 0 Å². The second kappa shape index (κ2) is 18.7. The molecule has 0 unspecified atom stereocenters. The monoisotopic (exact) mass is 709 g/mol. The van der Waals surface area contributed by atoms with Gasteiger partial charge in [0, 0.05) is 0 Å². The first-order chi connectivity index (χ1) is 21.6. The zero-order valence-electron chi connectivity index (χ0n) is 27.0. The molecule has 0 fully saturated rings. The molecule has 0 aromatic heterocycles. The van der Waals surface area contributed by atoms with Crippen molar-refractivity contribution < 1.29 is 38.4 Å². The van der Waals surface area contributed by atoms with Crippen molar-refractivity contribution in [2.75, 3.05) is 0 Å². The quantitative estimate of drug-likeness (QED) is 0.181. The maximum atomic E-state index is 11.6. The van der Waals surface area contributed by atoms with E-state index in [0.29, 0.717) is 0 Å². The molecule has 4 nitrogen and oxygen atoms in total. The van der Waals surface area contributed by atoms with Crippen LogP contribution >= 0.6 is 0 Å². The summed E-state index contributed by atoms with van der Waals surface area (Å²) in [6, 6.07) is 59.9. The first-order valence-corrected chi connectivity index (χ1v) is 22.5. The molecular formula is C39H42O4Si3V. The molecule has 3 N–H and O–H groups in total. The van der Waals surface area contributed by atoms with E-state index in [0.717, 1.165) is 31.1 Å². The van der Waals surface area contributed by atoms with Gasteiger partial charge in [-0.3, -0.25) is 0 Å². The molecule has 0 saturated carbocycles. The third kappa shape index (κ3) is 10.7. The molecule has 8 heteroatoms. The summed E-state index contributed by atoms with van der Waals surface area (Å²) in [5, 5.41) is 6.07. The van der Waals surface area contributed by atoms with Gasteiger partial charge in [-0.25, -0.2) is 0 Å². The molecule has 47 heavy (non-hydrogen) atoms. The Morgan fingerprint density at radius 1 is 0.298 bits per heavy atom. The molecule has 0 heterocycles. The Labute approximate surface area is 294 Å². The van der Waals surface area contributed by atoms with Crippen LogP contribution in [0.3, 0.4) is 0 Å². The minimum absolute atomic E-state index is 0. The van der Waals surface area contributed by atoms with Crippen molar-refractivity contribution in [3.8, 4) is 0 Å². The fraction of sp³-hybridized carbons (Fsp3) is 0.0769. The Morgan fingerprint density at radius 2 is 0.404 bits per heavy atom. The number of rotatable bonds is 6. The third-order valence-corrected chi connectivity index (χ3v) is 14.2. The van der Waals surface area contributed by atoms with Gasteiger partial charge in [0.15, 0.2) is 8.32 Å². The second-order valence-electron chi connectivity index (χ2n) is 11.8. The van der Waals surface area contributed by atoms with Crippen molar-refractivity contribution in [1.82, 2.24) is 0 Å². The molecule has 6 rings (SSSR count). The molecule has 0 amide bonds. The Balaban J connectivity index is 0.000000276. The molecule has 239 valence electrons. The van der Waals surface area contributed by atoms with Crippen molar-refractivity contribution >= 4 is 56.1 Å². The van der Waals surface area contributed by atoms with Crippen molar-refractivity contribution in [2.24, 2.45) is 0 Å². The van der Waals surface area contributed by atoms with E-state index in [1.807, 2.05) is 202 Å². The molecule has 0 spiro atoms. The van der Waals surface area contributed by atoms with E-state index >= 15 is 0 Å². The summed E-state index contributed by atoms with van der Waals surface area (Å²) < 4.78 is 0. The van der Waals surface area contributed by atoms with Crippen LogP contribution in [-0.2, 0) is 24.0 Å². The van der Waals surface area contributed by atoms with Crippen LogP contribution in [0.15, 0.2) is 182 Å². The first kappa shape index (κ1) is 39.6. The van der Waals surface area contributed by atoms with Crippen LogP contribution in [0.2, 0.25) is 19.6 Å². The summed E-state index contributed by atoms with van der Waals surface area (Å²) >= 11 is 0. The molecule has 0 atom stereocenters. The average molecular weight is 710 g/mol. The smallest absolute Gasteiger partial charge is 2.00 e. The number of hydrogen-bond donors (Lipinski definition) is 3. The van der Waals surface area contributed by atoms with E-state index < -0.39 is 25.0 Å². The minimum atomic E-state index is -2.88. The molecule has 0 bridgehead atoms. The average Bonchev–Trinajstić information content (AvgIpc) is 3.09. The Hall–Kier alpha value is -3.60. The van der Waals surface area contributed by atoms with Crippen molar-refractivity contribution in [3.05, 3.63) is 182 Å². The van der Waals surface area contributed by atoms with Crippen LogP contribution in [0, 0.1) is 0 Å². The molecular weight excluding hydrogens is 668 g/mol.